The molecule has 1 aromatic carbocycles. The van der Waals surface area contributed by atoms with E-state index in [1.54, 1.807) is 0 Å². The fraction of sp³-hybridized carbons (Fsp3) is 0.167. The van der Waals surface area contributed by atoms with Gasteiger partial charge in [-0.15, -0.1) is 10.2 Å². The van der Waals surface area contributed by atoms with Crippen molar-refractivity contribution in [1.82, 2.24) is 10.2 Å². The number of rotatable bonds is 1. The highest BCUT2D eigenvalue weighted by molar-refractivity contribution is 9.10. The number of hydrogen-bond acceptors (Lipinski definition) is 2. The van der Waals surface area contributed by atoms with Gasteiger partial charge in [0.1, 0.15) is 4.60 Å². The molecule has 0 amide bonds. The van der Waals surface area contributed by atoms with Crippen molar-refractivity contribution in [1.29, 1.82) is 0 Å². The van der Waals surface area contributed by atoms with E-state index in [2.05, 4.69) is 58.2 Å². The highest BCUT2D eigenvalue weighted by Gasteiger charge is 2.01. The molecule has 1 heterocycles. The average Bonchev–Trinajstić information content (AvgIpc) is 2.23. The first kappa shape index (κ1) is 10.3. The smallest absolute Gasteiger partial charge is 0.128 e. The molecule has 0 N–H and O–H groups in total. The van der Waals surface area contributed by atoms with Crippen molar-refractivity contribution in [2.75, 3.05) is 0 Å². The fourth-order valence-electron chi connectivity index (χ4n) is 1.37. The molecule has 0 unspecified atom stereocenters. The maximum absolute atomic E-state index is 4.12. The molecule has 2 nitrogen and oxygen atoms in total. The molecule has 0 fully saturated rings. The molecule has 2 rings (SSSR count). The number of halogens is 1. The van der Waals surface area contributed by atoms with Gasteiger partial charge in [-0.2, -0.15) is 0 Å². The molecule has 76 valence electrons. The predicted octanol–water partition coefficient (Wildman–Crippen LogP) is 3.52. The summed E-state index contributed by atoms with van der Waals surface area (Å²) >= 11 is 3.27. The van der Waals surface area contributed by atoms with Gasteiger partial charge in [-0.1, -0.05) is 12.1 Å². The average molecular weight is 263 g/mol. The first-order chi connectivity index (χ1) is 7.16. The number of aromatic nitrogens is 2. The third-order valence-electron chi connectivity index (χ3n) is 2.43. The molecule has 0 aliphatic rings. The van der Waals surface area contributed by atoms with Gasteiger partial charge in [-0.3, -0.25) is 0 Å². The SMILES string of the molecule is Cc1ccc(-c2ccc(Br)nn2)cc1C. The Bertz CT molecular complexity index is 477. The maximum atomic E-state index is 4.12. The first-order valence-electron chi connectivity index (χ1n) is 4.73. The normalized spacial score (nSPS) is 10.3. The Balaban J connectivity index is 2.45. The van der Waals surface area contributed by atoms with Crippen molar-refractivity contribution in [3.8, 4) is 11.3 Å². The van der Waals surface area contributed by atoms with Gasteiger partial charge in [-0.25, -0.2) is 0 Å². The van der Waals surface area contributed by atoms with Gasteiger partial charge in [0.05, 0.1) is 5.69 Å². The molecular formula is C12H11BrN2. The highest BCUT2D eigenvalue weighted by Crippen LogP contribution is 2.20. The van der Waals surface area contributed by atoms with Crippen molar-refractivity contribution >= 4 is 15.9 Å². The standard InChI is InChI=1S/C12H11BrN2/c1-8-3-4-10(7-9(8)2)11-5-6-12(13)15-14-11/h3-7H,1-2H3. The van der Waals surface area contributed by atoms with Crippen molar-refractivity contribution < 1.29 is 0 Å². The molecule has 0 saturated carbocycles. The molecule has 0 bridgehead atoms. The first-order valence-corrected chi connectivity index (χ1v) is 5.53. The number of nitrogens with zero attached hydrogens (tertiary/aromatic N) is 2. The van der Waals surface area contributed by atoms with Crippen molar-refractivity contribution in [2.24, 2.45) is 0 Å². The summed E-state index contributed by atoms with van der Waals surface area (Å²) in [6, 6.07) is 10.2. The van der Waals surface area contributed by atoms with Crippen LogP contribution in [-0.2, 0) is 0 Å². The van der Waals surface area contributed by atoms with Crippen LogP contribution in [0.15, 0.2) is 34.9 Å². The molecular weight excluding hydrogens is 252 g/mol. The second kappa shape index (κ2) is 4.11. The maximum Gasteiger partial charge on any atom is 0.128 e. The number of aryl methyl sites for hydroxylation is 2. The third kappa shape index (κ3) is 2.23. The quantitative estimate of drug-likeness (QED) is 0.786. The van der Waals surface area contributed by atoms with Crippen LogP contribution >= 0.6 is 15.9 Å². The molecule has 0 aliphatic carbocycles. The largest absolute Gasteiger partial charge is 0.149 e. The Morgan fingerprint density at radius 3 is 2.33 bits per heavy atom. The molecule has 0 radical (unpaired) electrons. The van der Waals surface area contributed by atoms with E-state index in [1.807, 2.05) is 12.1 Å². The van der Waals surface area contributed by atoms with Gasteiger partial charge in [0.2, 0.25) is 0 Å². The zero-order valence-electron chi connectivity index (χ0n) is 8.66. The predicted molar refractivity (Wildman–Crippen MR) is 64.6 cm³/mol. The topological polar surface area (TPSA) is 25.8 Å². The van der Waals surface area contributed by atoms with E-state index >= 15 is 0 Å². The van der Waals surface area contributed by atoms with Crippen LogP contribution in [0, 0.1) is 13.8 Å². The van der Waals surface area contributed by atoms with Crippen LogP contribution in [0.1, 0.15) is 11.1 Å². The van der Waals surface area contributed by atoms with Crippen LogP contribution in [0.2, 0.25) is 0 Å². The number of benzene rings is 1. The zero-order valence-corrected chi connectivity index (χ0v) is 10.2. The van der Waals surface area contributed by atoms with Gasteiger partial charge in [0.25, 0.3) is 0 Å². The molecule has 15 heavy (non-hydrogen) atoms. The monoisotopic (exact) mass is 262 g/mol. The summed E-state index contributed by atoms with van der Waals surface area (Å²) in [6.45, 7) is 4.21. The lowest BCUT2D eigenvalue weighted by atomic mass is 10.0. The van der Waals surface area contributed by atoms with Gasteiger partial charge in [0, 0.05) is 5.56 Å². The number of hydrogen-bond donors (Lipinski definition) is 0. The molecule has 1 aromatic heterocycles. The Morgan fingerprint density at radius 2 is 1.73 bits per heavy atom. The Hall–Kier alpha value is -1.22. The minimum absolute atomic E-state index is 0.759. The summed E-state index contributed by atoms with van der Waals surface area (Å²) in [6.07, 6.45) is 0. The minimum Gasteiger partial charge on any atom is -0.149 e. The van der Waals surface area contributed by atoms with Crippen LogP contribution < -0.4 is 0 Å². The summed E-state index contributed by atoms with van der Waals surface area (Å²) in [5.41, 5.74) is 4.58. The van der Waals surface area contributed by atoms with Crippen LogP contribution in [0.5, 0.6) is 0 Å². The fourth-order valence-corrected chi connectivity index (χ4v) is 1.58. The van der Waals surface area contributed by atoms with Gasteiger partial charge in [-0.05, 0) is 59.1 Å². The Labute approximate surface area is 97.5 Å². The summed E-state index contributed by atoms with van der Waals surface area (Å²) in [5, 5.41) is 8.10. The molecule has 0 spiro atoms. The van der Waals surface area contributed by atoms with E-state index in [1.165, 1.54) is 11.1 Å². The highest BCUT2D eigenvalue weighted by atomic mass is 79.9. The van der Waals surface area contributed by atoms with Crippen molar-refractivity contribution in [3.63, 3.8) is 0 Å². The van der Waals surface area contributed by atoms with Crippen molar-refractivity contribution in [3.05, 3.63) is 46.1 Å². The van der Waals surface area contributed by atoms with Gasteiger partial charge >= 0.3 is 0 Å². The lowest BCUT2D eigenvalue weighted by Crippen LogP contribution is -1.89. The zero-order chi connectivity index (χ0) is 10.8. The Kier molecular flexibility index (Phi) is 2.82. The second-order valence-electron chi connectivity index (χ2n) is 3.54. The van der Waals surface area contributed by atoms with E-state index in [9.17, 15) is 0 Å². The lowest BCUT2D eigenvalue weighted by molar-refractivity contribution is 1.01. The van der Waals surface area contributed by atoms with Crippen LogP contribution in [0.4, 0.5) is 0 Å². The van der Waals surface area contributed by atoms with Gasteiger partial charge < -0.3 is 0 Å². The van der Waals surface area contributed by atoms with Crippen LogP contribution in [-0.4, -0.2) is 10.2 Å². The van der Waals surface area contributed by atoms with E-state index in [0.29, 0.717) is 0 Å². The van der Waals surface area contributed by atoms with Crippen LogP contribution in [0.3, 0.4) is 0 Å². The van der Waals surface area contributed by atoms with Crippen molar-refractivity contribution in [2.45, 2.75) is 13.8 Å². The minimum atomic E-state index is 0.759. The van der Waals surface area contributed by atoms with Gasteiger partial charge in [0.15, 0.2) is 0 Å². The third-order valence-corrected chi connectivity index (χ3v) is 2.86. The lowest BCUT2D eigenvalue weighted by Gasteiger charge is -2.03. The molecule has 3 heteroatoms. The molecule has 2 aromatic rings. The second-order valence-corrected chi connectivity index (χ2v) is 4.35. The van der Waals surface area contributed by atoms with Crippen LogP contribution in [0.25, 0.3) is 11.3 Å². The molecule has 0 aliphatic heterocycles. The Morgan fingerprint density at radius 1 is 0.933 bits per heavy atom. The van der Waals surface area contributed by atoms with E-state index in [4.69, 9.17) is 0 Å². The summed E-state index contributed by atoms with van der Waals surface area (Å²) in [5.74, 6) is 0. The molecule has 0 atom stereocenters. The summed E-state index contributed by atoms with van der Waals surface area (Å²) in [7, 11) is 0. The summed E-state index contributed by atoms with van der Waals surface area (Å²) in [4.78, 5) is 0. The van der Waals surface area contributed by atoms with E-state index < -0.39 is 0 Å². The van der Waals surface area contributed by atoms with E-state index in [0.717, 1.165) is 15.9 Å². The van der Waals surface area contributed by atoms with E-state index in [-0.39, 0.29) is 0 Å². The molecule has 0 saturated heterocycles. The summed E-state index contributed by atoms with van der Waals surface area (Å²) < 4.78 is 0.759.